The molecule has 0 spiro atoms. The van der Waals surface area contributed by atoms with Gasteiger partial charge < -0.3 is 10.5 Å². The predicted octanol–water partition coefficient (Wildman–Crippen LogP) is 1.82. The minimum absolute atomic E-state index is 0.175. The lowest BCUT2D eigenvalue weighted by Crippen LogP contribution is -2.04. The number of benzene rings is 1. The number of hydrogen-bond donors (Lipinski definition) is 1. The molecule has 84 valence electrons. The van der Waals surface area contributed by atoms with Gasteiger partial charge >= 0.3 is 5.97 Å². The van der Waals surface area contributed by atoms with Crippen LogP contribution in [0.3, 0.4) is 0 Å². The predicted molar refractivity (Wildman–Crippen MR) is 62.7 cm³/mol. The van der Waals surface area contributed by atoms with Crippen LogP contribution >= 0.6 is 0 Å². The summed E-state index contributed by atoms with van der Waals surface area (Å²) in [6, 6.07) is 6.28. The van der Waals surface area contributed by atoms with Crippen molar-refractivity contribution in [2.24, 2.45) is 5.73 Å². The van der Waals surface area contributed by atoms with Gasteiger partial charge in [-0.15, -0.1) is 0 Å². The first-order valence-electron chi connectivity index (χ1n) is 5.35. The highest BCUT2D eigenvalue weighted by atomic mass is 16.5. The molecule has 0 radical (unpaired) electrons. The Morgan fingerprint density at radius 2 is 2.38 bits per heavy atom. The van der Waals surface area contributed by atoms with Gasteiger partial charge in [0.05, 0.1) is 7.11 Å². The smallest absolute Gasteiger partial charge is 0.330 e. The number of rotatable bonds is 2. The Kier molecular flexibility index (Phi) is 3.06. The van der Waals surface area contributed by atoms with Crippen molar-refractivity contribution in [2.75, 3.05) is 7.11 Å². The molecule has 2 rings (SSSR count). The van der Waals surface area contributed by atoms with Crippen molar-refractivity contribution in [3.63, 3.8) is 0 Å². The van der Waals surface area contributed by atoms with E-state index in [2.05, 4.69) is 10.8 Å². The number of ether oxygens (including phenoxy) is 1. The summed E-state index contributed by atoms with van der Waals surface area (Å²) < 4.78 is 4.54. The molecule has 1 aliphatic rings. The van der Waals surface area contributed by atoms with E-state index in [4.69, 9.17) is 5.73 Å². The fourth-order valence-electron chi connectivity index (χ4n) is 2.01. The zero-order chi connectivity index (χ0) is 11.5. The molecule has 0 fully saturated rings. The molecular weight excluding hydrogens is 202 g/mol. The van der Waals surface area contributed by atoms with Gasteiger partial charge in [-0.3, -0.25) is 0 Å². The van der Waals surface area contributed by atoms with Gasteiger partial charge in [-0.05, 0) is 35.6 Å². The minimum Gasteiger partial charge on any atom is -0.466 e. The number of nitrogens with two attached hydrogens (primary N) is 1. The van der Waals surface area contributed by atoms with E-state index < -0.39 is 0 Å². The third-order valence-electron chi connectivity index (χ3n) is 2.90. The summed E-state index contributed by atoms with van der Waals surface area (Å²) in [5.41, 5.74) is 9.48. The number of carbonyl (C=O) groups excluding carboxylic acids is 1. The summed E-state index contributed by atoms with van der Waals surface area (Å²) in [5, 5.41) is 0. The summed E-state index contributed by atoms with van der Waals surface area (Å²) in [7, 11) is 1.37. The maximum absolute atomic E-state index is 10.9. The lowest BCUT2D eigenvalue weighted by atomic mass is 10.0. The number of fused-ring (bicyclic) bond motifs is 1. The number of carbonyl (C=O) groups is 1. The van der Waals surface area contributed by atoms with Crippen molar-refractivity contribution in [3.05, 3.63) is 41.0 Å². The molecule has 3 nitrogen and oxygen atoms in total. The molecule has 16 heavy (non-hydrogen) atoms. The van der Waals surface area contributed by atoms with Crippen molar-refractivity contribution >= 4 is 12.0 Å². The molecule has 2 N–H and O–H groups in total. The van der Waals surface area contributed by atoms with Crippen LogP contribution in [-0.4, -0.2) is 13.1 Å². The van der Waals surface area contributed by atoms with Gasteiger partial charge in [-0.1, -0.05) is 18.2 Å². The van der Waals surface area contributed by atoms with Crippen LogP contribution in [0, 0.1) is 0 Å². The van der Waals surface area contributed by atoms with E-state index in [0.717, 1.165) is 18.4 Å². The van der Waals surface area contributed by atoms with Gasteiger partial charge in [0.15, 0.2) is 0 Å². The van der Waals surface area contributed by atoms with E-state index in [1.807, 2.05) is 12.1 Å². The van der Waals surface area contributed by atoms with Crippen LogP contribution in [0.4, 0.5) is 0 Å². The standard InChI is InChI=1S/C13H15NO2/c1-16-13(15)7-3-9-2-5-11-10(8-9)4-6-12(11)14/h2-3,5,7-8,12H,4,6,14H2,1H3/b7-3+. The molecule has 0 saturated carbocycles. The maximum Gasteiger partial charge on any atom is 0.330 e. The molecule has 1 unspecified atom stereocenters. The SMILES string of the molecule is COC(=O)/C=C/c1ccc2c(c1)CCC2N. The summed E-state index contributed by atoms with van der Waals surface area (Å²) >= 11 is 0. The molecule has 1 aromatic rings. The Morgan fingerprint density at radius 1 is 1.56 bits per heavy atom. The largest absolute Gasteiger partial charge is 0.466 e. The summed E-state index contributed by atoms with van der Waals surface area (Å²) in [4.78, 5) is 10.9. The van der Waals surface area contributed by atoms with E-state index in [9.17, 15) is 4.79 Å². The van der Waals surface area contributed by atoms with Crippen molar-refractivity contribution < 1.29 is 9.53 Å². The molecule has 0 heterocycles. The molecule has 1 aromatic carbocycles. The Morgan fingerprint density at radius 3 is 3.12 bits per heavy atom. The third kappa shape index (κ3) is 2.14. The van der Waals surface area contributed by atoms with E-state index in [1.165, 1.54) is 24.3 Å². The van der Waals surface area contributed by atoms with Crippen LogP contribution in [0.15, 0.2) is 24.3 Å². The molecule has 0 bridgehead atoms. The van der Waals surface area contributed by atoms with E-state index >= 15 is 0 Å². The first-order valence-corrected chi connectivity index (χ1v) is 5.35. The van der Waals surface area contributed by atoms with Crippen LogP contribution < -0.4 is 5.73 Å². The van der Waals surface area contributed by atoms with Gasteiger partial charge in [0.25, 0.3) is 0 Å². The first-order chi connectivity index (χ1) is 7.70. The fraction of sp³-hybridized carbons (Fsp3) is 0.308. The van der Waals surface area contributed by atoms with E-state index in [-0.39, 0.29) is 12.0 Å². The van der Waals surface area contributed by atoms with Crippen molar-refractivity contribution in [3.8, 4) is 0 Å². The summed E-state index contributed by atoms with van der Waals surface area (Å²) in [5.74, 6) is -0.336. The monoisotopic (exact) mass is 217 g/mol. The van der Waals surface area contributed by atoms with Gasteiger partial charge in [0.2, 0.25) is 0 Å². The quantitative estimate of drug-likeness (QED) is 0.607. The second-order valence-corrected chi connectivity index (χ2v) is 3.96. The summed E-state index contributed by atoms with van der Waals surface area (Å²) in [6.45, 7) is 0. The van der Waals surface area contributed by atoms with Crippen LogP contribution in [0.5, 0.6) is 0 Å². The number of hydrogen-bond acceptors (Lipinski definition) is 3. The normalized spacial score (nSPS) is 18.8. The Hall–Kier alpha value is -1.61. The van der Waals surface area contributed by atoms with Crippen molar-refractivity contribution in [1.82, 2.24) is 0 Å². The maximum atomic E-state index is 10.9. The second kappa shape index (κ2) is 4.49. The Balaban J connectivity index is 2.19. The highest BCUT2D eigenvalue weighted by Gasteiger charge is 2.18. The first kappa shape index (κ1) is 10.9. The average Bonchev–Trinajstić information content (AvgIpc) is 2.67. The highest BCUT2D eigenvalue weighted by Crippen LogP contribution is 2.29. The van der Waals surface area contributed by atoms with Crippen molar-refractivity contribution in [2.45, 2.75) is 18.9 Å². The molecule has 1 aliphatic carbocycles. The van der Waals surface area contributed by atoms with E-state index in [0.29, 0.717) is 0 Å². The molecular formula is C13H15NO2. The number of aryl methyl sites for hydroxylation is 1. The van der Waals surface area contributed by atoms with Crippen molar-refractivity contribution in [1.29, 1.82) is 0 Å². The van der Waals surface area contributed by atoms with E-state index in [1.54, 1.807) is 6.08 Å². The van der Waals surface area contributed by atoms with Crippen LogP contribution in [-0.2, 0) is 16.0 Å². The molecule has 0 amide bonds. The molecule has 0 aliphatic heterocycles. The Bertz CT molecular complexity index is 438. The average molecular weight is 217 g/mol. The molecule has 0 aromatic heterocycles. The second-order valence-electron chi connectivity index (χ2n) is 3.96. The fourth-order valence-corrected chi connectivity index (χ4v) is 2.01. The zero-order valence-electron chi connectivity index (χ0n) is 9.27. The number of esters is 1. The molecule has 0 saturated heterocycles. The summed E-state index contributed by atoms with van der Waals surface area (Å²) in [6.07, 6.45) is 5.22. The van der Waals surface area contributed by atoms with Gasteiger partial charge in [-0.25, -0.2) is 4.79 Å². The van der Waals surface area contributed by atoms with Gasteiger partial charge in [0, 0.05) is 12.1 Å². The van der Waals surface area contributed by atoms with Crippen LogP contribution in [0.2, 0.25) is 0 Å². The lowest BCUT2D eigenvalue weighted by molar-refractivity contribution is -0.134. The third-order valence-corrected chi connectivity index (χ3v) is 2.90. The zero-order valence-corrected chi connectivity index (χ0v) is 9.27. The lowest BCUT2D eigenvalue weighted by Gasteiger charge is -2.04. The highest BCUT2D eigenvalue weighted by molar-refractivity contribution is 5.86. The minimum atomic E-state index is -0.336. The van der Waals surface area contributed by atoms with Crippen LogP contribution in [0.1, 0.15) is 29.2 Å². The molecule has 3 heteroatoms. The Labute approximate surface area is 94.9 Å². The van der Waals surface area contributed by atoms with Gasteiger partial charge in [-0.2, -0.15) is 0 Å². The van der Waals surface area contributed by atoms with Crippen LogP contribution in [0.25, 0.3) is 6.08 Å². The number of methoxy groups -OCH3 is 1. The molecule has 1 atom stereocenters. The topological polar surface area (TPSA) is 52.3 Å². The van der Waals surface area contributed by atoms with Gasteiger partial charge in [0.1, 0.15) is 0 Å².